The number of halogens is 4. The van der Waals surface area contributed by atoms with Crippen LogP contribution >= 0.6 is 11.3 Å². The van der Waals surface area contributed by atoms with E-state index in [1.165, 1.54) is 13.1 Å². The van der Waals surface area contributed by atoms with Gasteiger partial charge in [0.2, 0.25) is 0 Å². The molecule has 0 bridgehead atoms. The molecule has 1 fully saturated rings. The molecule has 0 saturated heterocycles. The second-order valence-electron chi connectivity index (χ2n) is 9.33. The van der Waals surface area contributed by atoms with Crippen LogP contribution in [0.25, 0.3) is 10.6 Å². The first-order valence-electron chi connectivity index (χ1n) is 11.4. The van der Waals surface area contributed by atoms with E-state index in [4.69, 9.17) is 0 Å². The van der Waals surface area contributed by atoms with Crippen LogP contribution in [0.3, 0.4) is 0 Å². The minimum Gasteiger partial charge on any atom is -0.349 e. The second-order valence-corrected chi connectivity index (χ2v) is 10.4. The molecule has 1 saturated carbocycles. The summed E-state index contributed by atoms with van der Waals surface area (Å²) < 4.78 is 54.3. The number of hydrogen-bond acceptors (Lipinski definition) is 4. The van der Waals surface area contributed by atoms with Crippen molar-refractivity contribution >= 4 is 17.2 Å². The molecule has 1 amide bonds. The number of thiophene rings is 1. The van der Waals surface area contributed by atoms with Gasteiger partial charge in [-0.3, -0.25) is 9.48 Å². The van der Waals surface area contributed by atoms with E-state index in [1.54, 1.807) is 18.2 Å². The lowest BCUT2D eigenvalue weighted by molar-refractivity contribution is -0.143. The molecule has 2 heterocycles. The third-order valence-electron chi connectivity index (χ3n) is 6.93. The number of carbonyl (C=O) groups excluding carboxylic acids is 1. The Labute approximate surface area is 205 Å². The number of aromatic nitrogens is 2. The number of nitrogens with one attached hydrogen (secondary N) is 1. The van der Waals surface area contributed by atoms with E-state index >= 15 is 0 Å². The molecule has 1 N–H and O–H groups in total. The molecule has 2 aromatic heterocycles. The number of carbonyl (C=O) groups is 1. The van der Waals surface area contributed by atoms with Crippen LogP contribution in [0.2, 0.25) is 0 Å². The fourth-order valence-corrected chi connectivity index (χ4v) is 5.65. The lowest BCUT2D eigenvalue weighted by Gasteiger charge is -2.45. The van der Waals surface area contributed by atoms with Crippen molar-refractivity contribution in [3.8, 4) is 10.6 Å². The van der Waals surface area contributed by atoms with Gasteiger partial charge in [-0.05, 0) is 76.0 Å². The van der Waals surface area contributed by atoms with Crippen molar-refractivity contribution in [3.05, 3.63) is 64.4 Å². The van der Waals surface area contributed by atoms with Crippen molar-refractivity contribution in [1.29, 1.82) is 0 Å². The maximum absolute atomic E-state index is 14.3. The highest BCUT2D eigenvalue weighted by molar-refractivity contribution is 7.17. The Morgan fingerprint density at radius 2 is 1.89 bits per heavy atom. The van der Waals surface area contributed by atoms with Gasteiger partial charge in [0, 0.05) is 18.6 Å². The summed E-state index contributed by atoms with van der Waals surface area (Å²) in [4.78, 5) is 15.9. The van der Waals surface area contributed by atoms with Gasteiger partial charge >= 0.3 is 6.18 Å². The van der Waals surface area contributed by atoms with E-state index in [2.05, 4.69) is 15.3 Å². The Hall–Kier alpha value is -2.72. The van der Waals surface area contributed by atoms with Crippen LogP contribution in [0.4, 0.5) is 17.6 Å². The van der Waals surface area contributed by atoms with Crippen molar-refractivity contribution in [2.24, 2.45) is 7.05 Å². The van der Waals surface area contributed by atoms with Gasteiger partial charge in [0.1, 0.15) is 17.2 Å². The maximum atomic E-state index is 14.3. The molecule has 0 unspecified atom stereocenters. The van der Waals surface area contributed by atoms with Gasteiger partial charge in [-0.1, -0.05) is 18.2 Å². The van der Waals surface area contributed by atoms with Crippen LogP contribution in [0.15, 0.2) is 42.5 Å². The van der Waals surface area contributed by atoms with Gasteiger partial charge in [-0.2, -0.15) is 18.3 Å². The van der Waals surface area contributed by atoms with Crippen molar-refractivity contribution in [2.45, 2.75) is 49.9 Å². The summed E-state index contributed by atoms with van der Waals surface area (Å²) in [5, 5.41) is 7.02. The van der Waals surface area contributed by atoms with Gasteiger partial charge < -0.3 is 10.2 Å². The van der Waals surface area contributed by atoms with Crippen molar-refractivity contribution in [3.63, 3.8) is 0 Å². The molecule has 1 aliphatic carbocycles. The van der Waals surface area contributed by atoms with E-state index in [-0.39, 0.29) is 29.0 Å². The molecule has 1 aliphatic rings. The summed E-state index contributed by atoms with van der Waals surface area (Å²) in [7, 11) is 5.26. The van der Waals surface area contributed by atoms with Crippen LogP contribution in [0.5, 0.6) is 0 Å². The number of amides is 1. The molecule has 188 valence electrons. The fourth-order valence-electron chi connectivity index (χ4n) is 4.78. The third kappa shape index (κ3) is 5.43. The summed E-state index contributed by atoms with van der Waals surface area (Å²) >= 11 is 1.12. The first kappa shape index (κ1) is 25.4. The average molecular weight is 509 g/mol. The van der Waals surface area contributed by atoms with Crippen LogP contribution in [0, 0.1) is 5.82 Å². The third-order valence-corrected chi connectivity index (χ3v) is 8.04. The van der Waals surface area contributed by atoms with Crippen molar-refractivity contribution in [2.75, 3.05) is 14.1 Å². The number of hydrogen-bond donors (Lipinski definition) is 1. The number of likely N-dealkylation sites (N-methyl/N-ethyl adjacent to an activating group) is 1. The maximum Gasteiger partial charge on any atom is 0.433 e. The summed E-state index contributed by atoms with van der Waals surface area (Å²) in [6, 6.07) is 11.0. The number of nitrogens with zero attached hydrogens (tertiary/aromatic N) is 3. The van der Waals surface area contributed by atoms with E-state index in [9.17, 15) is 22.4 Å². The lowest BCUT2D eigenvalue weighted by Crippen LogP contribution is -2.52. The zero-order valence-corrected chi connectivity index (χ0v) is 20.6. The molecule has 0 atom stereocenters. The summed E-state index contributed by atoms with van der Waals surface area (Å²) in [5.74, 6) is -0.447. The number of benzene rings is 1. The Bertz CT molecular complexity index is 1190. The predicted molar refractivity (Wildman–Crippen MR) is 128 cm³/mol. The standard InChI is InChI=1S/C25H28F4N4OS/c1-32(2)24(15-16-6-4-5-7-18(16)26)12-10-17(11-13-24)30-23(34)21-9-8-20(35-21)19-14-22(25(27,28)29)33(3)31-19/h4-9,14,17H,10-13,15H2,1-3H3,(H,30,34). The first-order chi connectivity index (χ1) is 16.5. The van der Waals surface area contributed by atoms with Crippen LogP contribution in [-0.4, -0.2) is 46.3 Å². The molecule has 10 heteroatoms. The first-order valence-corrected chi connectivity index (χ1v) is 12.2. The van der Waals surface area contributed by atoms with E-state index in [1.807, 2.05) is 26.2 Å². The fraction of sp³-hybridized carbons (Fsp3) is 0.440. The van der Waals surface area contributed by atoms with Gasteiger partial charge in [-0.15, -0.1) is 11.3 Å². The molecular formula is C25H28F4N4OS. The zero-order valence-electron chi connectivity index (χ0n) is 19.8. The van der Waals surface area contributed by atoms with E-state index < -0.39 is 11.9 Å². The van der Waals surface area contributed by atoms with E-state index in [0.29, 0.717) is 21.7 Å². The van der Waals surface area contributed by atoms with Crippen molar-refractivity contribution in [1.82, 2.24) is 20.0 Å². The lowest BCUT2D eigenvalue weighted by atomic mass is 9.74. The number of alkyl halides is 3. The largest absolute Gasteiger partial charge is 0.433 e. The smallest absolute Gasteiger partial charge is 0.349 e. The molecule has 0 spiro atoms. The minimum absolute atomic E-state index is 0.0200. The van der Waals surface area contributed by atoms with Gasteiger partial charge in [0.05, 0.1) is 9.75 Å². The zero-order chi connectivity index (χ0) is 25.4. The Morgan fingerprint density at radius 3 is 2.49 bits per heavy atom. The molecule has 5 nitrogen and oxygen atoms in total. The minimum atomic E-state index is -4.49. The van der Waals surface area contributed by atoms with E-state index in [0.717, 1.165) is 47.8 Å². The molecule has 3 aromatic rings. The Morgan fingerprint density at radius 1 is 1.20 bits per heavy atom. The predicted octanol–water partition coefficient (Wildman–Crippen LogP) is 5.52. The summed E-state index contributed by atoms with van der Waals surface area (Å²) in [6.45, 7) is 0. The second kappa shape index (κ2) is 9.73. The highest BCUT2D eigenvalue weighted by Crippen LogP contribution is 2.37. The summed E-state index contributed by atoms with van der Waals surface area (Å²) in [6.07, 6.45) is -0.762. The van der Waals surface area contributed by atoms with Crippen LogP contribution in [0.1, 0.15) is 46.6 Å². The van der Waals surface area contributed by atoms with Crippen LogP contribution in [-0.2, 0) is 19.6 Å². The molecule has 1 aromatic carbocycles. The SMILES string of the molecule is CN(C)C1(Cc2ccccc2F)CCC(NC(=O)c2ccc(-c3cc(C(F)(F)F)n(C)n3)s2)CC1. The Balaban J connectivity index is 1.40. The quantitative estimate of drug-likeness (QED) is 0.446. The monoisotopic (exact) mass is 508 g/mol. The molecule has 35 heavy (non-hydrogen) atoms. The Kier molecular flexibility index (Phi) is 7.06. The van der Waals surface area contributed by atoms with Gasteiger partial charge in [0.15, 0.2) is 0 Å². The molecule has 4 rings (SSSR count). The molecule has 0 radical (unpaired) electrons. The number of aryl methyl sites for hydroxylation is 1. The highest BCUT2D eigenvalue weighted by Gasteiger charge is 2.38. The highest BCUT2D eigenvalue weighted by atomic mass is 32.1. The normalized spacial score (nSPS) is 20.9. The van der Waals surface area contributed by atoms with Gasteiger partial charge in [0.25, 0.3) is 5.91 Å². The molecule has 0 aliphatic heterocycles. The number of rotatable bonds is 6. The molecular weight excluding hydrogens is 480 g/mol. The topological polar surface area (TPSA) is 50.2 Å². The summed E-state index contributed by atoms with van der Waals surface area (Å²) in [5.41, 5.74) is -0.147. The van der Waals surface area contributed by atoms with Crippen LogP contribution < -0.4 is 5.32 Å². The average Bonchev–Trinajstić information content (AvgIpc) is 3.43. The van der Waals surface area contributed by atoms with Crippen molar-refractivity contribution < 1.29 is 22.4 Å². The van der Waals surface area contributed by atoms with Gasteiger partial charge in [-0.25, -0.2) is 4.39 Å².